The molecule has 0 radical (unpaired) electrons. The molecule has 1 fully saturated rings. The van der Waals surface area contributed by atoms with Crippen LogP contribution < -0.4 is 0 Å². The lowest BCUT2D eigenvalue weighted by atomic mass is 9.79. The summed E-state index contributed by atoms with van der Waals surface area (Å²) in [5, 5.41) is 0. The molecule has 0 N–H and O–H groups in total. The maximum atomic E-state index is 2.50. The van der Waals surface area contributed by atoms with Gasteiger partial charge in [0.1, 0.15) is 0 Å². The fourth-order valence-corrected chi connectivity index (χ4v) is 4.33. The lowest BCUT2D eigenvalue weighted by molar-refractivity contribution is 0.184. The van der Waals surface area contributed by atoms with E-state index >= 15 is 0 Å². The first-order chi connectivity index (χ1) is 9.84. The summed E-state index contributed by atoms with van der Waals surface area (Å²) in [6.45, 7) is 2.45. The highest BCUT2D eigenvalue weighted by Gasteiger charge is 2.43. The molecule has 1 aliphatic heterocycles. The Labute approximate surface area is 121 Å². The van der Waals surface area contributed by atoms with Gasteiger partial charge in [-0.25, -0.2) is 0 Å². The number of rotatable bonds is 1. The van der Waals surface area contributed by atoms with Crippen molar-refractivity contribution in [3.05, 3.63) is 71.3 Å². The van der Waals surface area contributed by atoms with Gasteiger partial charge in [-0.05, 0) is 48.5 Å². The lowest BCUT2D eigenvalue weighted by Crippen LogP contribution is -2.36. The second-order valence-electron chi connectivity index (χ2n) is 6.34. The van der Waals surface area contributed by atoms with Gasteiger partial charge in [-0.3, -0.25) is 0 Å². The van der Waals surface area contributed by atoms with Crippen LogP contribution in [0.5, 0.6) is 0 Å². The van der Waals surface area contributed by atoms with E-state index in [1.54, 1.807) is 11.1 Å². The molecule has 2 aromatic carbocycles. The SMILES string of the molecule is CN1CC[C@H]2c3ccccc3[C@H](c3ccccc3)[C@H]2C1. The Bertz CT molecular complexity index is 604. The van der Waals surface area contributed by atoms with Gasteiger partial charge >= 0.3 is 0 Å². The minimum Gasteiger partial charge on any atom is -0.306 e. The van der Waals surface area contributed by atoms with E-state index in [2.05, 4.69) is 66.5 Å². The van der Waals surface area contributed by atoms with Crippen LogP contribution in [0.15, 0.2) is 54.6 Å². The fraction of sp³-hybridized carbons (Fsp3) is 0.368. The molecular formula is C19H21N. The number of likely N-dealkylation sites (tertiary alicyclic amines) is 1. The Balaban J connectivity index is 1.83. The zero-order chi connectivity index (χ0) is 13.5. The van der Waals surface area contributed by atoms with Crippen molar-refractivity contribution in [2.45, 2.75) is 18.3 Å². The maximum Gasteiger partial charge on any atom is 0.0138 e. The van der Waals surface area contributed by atoms with E-state index in [-0.39, 0.29) is 0 Å². The second kappa shape index (κ2) is 4.75. The summed E-state index contributed by atoms with van der Waals surface area (Å²) in [6, 6.07) is 20.2. The van der Waals surface area contributed by atoms with Gasteiger partial charge in [0, 0.05) is 12.5 Å². The lowest BCUT2D eigenvalue weighted by Gasteiger charge is -2.35. The fourth-order valence-electron chi connectivity index (χ4n) is 4.33. The molecule has 1 nitrogen and oxygen atoms in total. The average Bonchev–Trinajstić information content (AvgIpc) is 2.81. The largest absolute Gasteiger partial charge is 0.306 e. The van der Waals surface area contributed by atoms with Crippen molar-refractivity contribution in [3.8, 4) is 0 Å². The standard InChI is InChI=1S/C19H21N/c1-20-12-11-16-15-9-5-6-10-17(15)19(18(16)13-20)14-7-3-2-4-8-14/h2-10,16,18-19H,11-13H2,1H3/t16-,18-,19-/m0/s1. The minimum absolute atomic E-state index is 0.583. The molecular weight excluding hydrogens is 242 g/mol. The van der Waals surface area contributed by atoms with Crippen molar-refractivity contribution < 1.29 is 0 Å². The number of piperidine rings is 1. The minimum atomic E-state index is 0.583. The molecule has 1 heterocycles. The molecule has 2 aromatic rings. The monoisotopic (exact) mass is 263 g/mol. The van der Waals surface area contributed by atoms with Crippen LogP contribution in [0.4, 0.5) is 0 Å². The maximum absolute atomic E-state index is 2.50. The molecule has 0 amide bonds. The molecule has 0 saturated carbocycles. The molecule has 0 bridgehead atoms. The Morgan fingerprint density at radius 2 is 1.60 bits per heavy atom. The number of benzene rings is 2. The van der Waals surface area contributed by atoms with Crippen molar-refractivity contribution >= 4 is 0 Å². The first-order valence-electron chi connectivity index (χ1n) is 7.67. The molecule has 3 atom stereocenters. The van der Waals surface area contributed by atoms with Gasteiger partial charge in [0.25, 0.3) is 0 Å². The van der Waals surface area contributed by atoms with Gasteiger partial charge in [0.2, 0.25) is 0 Å². The summed E-state index contributed by atoms with van der Waals surface area (Å²) in [6.07, 6.45) is 1.31. The van der Waals surface area contributed by atoms with E-state index in [9.17, 15) is 0 Å². The summed E-state index contributed by atoms with van der Waals surface area (Å²) in [4.78, 5) is 2.50. The molecule has 0 aromatic heterocycles. The average molecular weight is 263 g/mol. The Kier molecular flexibility index (Phi) is 2.89. The molecule has 102 valence electrons. The van der Waals surface area contributed by atoms with E-state index in [4.69, 9.17) is 0 Å². The molecule has 2 aliphatic rings. The van der Waals surface area contributed by atoms with Gasteiger partial charge in [-0.2, -0.15) is 0 Å². The number of hydrogen-bond acceptors (Lipinski definition) is 1. The topological polar surface area (TPSA) is 3.24 Å². The first kappa shape index (κ1) is 12.2. The summed E-state index contributed by atoms with van der Waals surface area (Å²) in [5.74, 6) is 2.08. The summed E-state index contributed by atoms with van der Waals surface area (Å²) in [5.41, 5.74) is 4.67. The molecule has 1 aliphatic carbocycles. The normalized spacial score (nSPS) is 28.9. The number of nitrogens with zero attached hydrogens (tertiary/aromatic N) is 1. The van der Waals surface area contributed by atoms with E-state index in [1.165, 1.54) is 25.1 Å². The summed E-state index contributed by atoms with van der Waals surface area (Å²) in [7, 11) is 2.27. The van der Waals surface area contributed by atoms with E-state index < -0.39 is 0 Å². The quantitative estimate of drug-likeness (QED) is 0.755. The summed E-state index contributed by atoms with van der Waals surface area (Å²) < 4.78 is 0. The first-order valence-corrected chi connectivity index (χ1v) is 7.67. The molecule has 20 heavy (non-hydrogen) atoms. The van der Waals surface area contributed by atoms with Crippen LogP contribution in [-0.2, 0) is 0 Å². The van der Waals surface area contributed by atoms with Gasteiger partial charge in [-0.1, -0.05) is 54.6 Å². The molecule has 4 rings (SSSR count). The zero-order valence-corrected chi connectivity index (χ0v) is 12.0. The van der Waals surface area contributed by atoms with Crippen LogP contribution in [0.1, 0.15) is 34.9 Å². The van der Waals surface area contributed by atoms with Gasteiger partial charge < -0.3 is 4.90 Å². The van der Waals surface area contributed by atoms with Crippen LogP contribution in [0.25, 0.3) is 0 Å². The predicted octanol–water partition coefficient (Wildman–Crippen LogP) is 3.87. The van der Waals surface area contributed by atoms with Crippen LogP contribution >= 0.6 is 0 Å². The Morgan fingerprint density at radius 1 is 0.900 bits per heavy atom. The molecule has 1 saturated heterocycles. The highest BCUT2D eigenvalue weighted by molar-refractivity contribution is 5.46. The van der Waals surface area contributed by atoms with Crippen molar-refractivity contribution in [3.63, 3.8) is 0 Å². The Morgan fingerprint density at radius 3 is 2.40 bits per heavy atom. The highest BCUT2D eigenvalue weighted by Crippen LogP contribution is 2.52. The van der Waals surface area contributed by atoms with Crippen molar-refractivity contribution in [2.24, 2.45) is 5.92 Å². The van der Waals surface area contributed by atoms with Gasteiger partial charge in [0.15, 0.2) is 0 Å². The van der Waals surface area contributed by atoms with Crippen LogP contribution in [-0.4, -0.2) is 25.0 Å². The molecule has 0 unspecified atom stereocenters. The van der Waals surface area contributed by atoms with Crippen molar-refractivity contribution in [2.75, 3.05) is 20.1 Å². The highest BCUT2D eigenvalue weighted by atomic mass is 15.1. The number of hydrogen-bond donors (Lipinski definition) is 0. The molecule has 0 spiro atoms. The van der Waals surface area contributed by atoms with Crippen LogP contribution in [0.2, 0.25) is 0 Å². The van der Waals surface area contributed by atoms with E-state index in [1.807, 2.05) is 0 Å². The smallest absolute Gasteiger partial charge is 0.0138 e. The van der Waals surface area contributed by atoms with Crippen LogP contribution in [0, 0.1) is 5.92 Å². The third-order valence-electron chi connectivity index (χ3n) is 5.18. The predicted molar refractivity (Wildman–Crippen MR) is 83.1 cm³/mol. The third kappa shape index (κ3) is 1.81. The number of fused-ring (bicyclic) bond motifs is 3. The van der Waals surface area contributed by atoms with Gasteiger partial charge in [0.05, 0.1) is 0 Å². The van der Waals surface area contributed by atoms with Crippen molar-refractivity contribution in [1.29, 1.82) is 0 Å². The van der Waals surface area contributed by atoms with Gasteiger partial charge in [-0.15, -0.1) is 0 Å². The van der Waals surface area contributed by atoms with E-state index in [0.29, 0.717) is 5.92 Å². The Hall–Kier alpha value is -1.60. The van der Waals surface area contributed by atoms with E-state index in [0.717, 1.165) is 11.8 Å². The zero-order valence-electron chi connectivity index (χ0n) is 12.0. The van der Waals surface area contributed by atoms with Crippen molar-refractivity contribution in [1.82, 2.24) is 4.90 Å². The van der Waals surface area contributed by atoms with Crippen LogP contribution in [0.3, 0.4) is 0 Å². The second-order valence-corrected chi connectivity index (χ2v) is 6.34. The summed E-state index contributed by atoms with van der Waals surface area (Å²) >= 11 is 0. The third-order valence-corrected chi connectivity index (χ3v) is 5.18. The molecule has 1 heteroatoms.